The monoisotopic (exact) mass is 275 g/mol. The third kappa shape index (κ3) is 1.87. The number of aromatic nitrogens is 1. The zero-order valence-corrected chi connectivity index (χ0v) is 11.8. The Bertz CT molecular complexity index is 806. The van der Waals surface area contributed by atoms with Crippen LogP contribution in [0.5, 0.6) is 0 Å². The molecule has 2 nitrogen and oxygen atoms in total. The van der Waals surface area contributed by atoms with E-state index >= 15 is 0 Å². The average molecular weight is 275 g/mol. The molecule has 0 radical (unpaired) electrons. The molecule has 4 rings (SSSR count). The van der Waals surface area contributed by atoms with Crippen molar-refractivity contribution in [2.45, 2.75) is 24.9 Å². The summed E-state index contributed by atoms with van der Waals surface area (Å²) in [6, 6.07) is 16.4. The van der Waals surface area contributed by atoms with Crippen molar-refractivity contribution < 1.29 is 5.11 Å². The van der Waals surface area contributed by atoms with Crippen LogP contribution in [0.4, 0.5) is 0 Å². The summed E-state index contributed by atoms with van der Waals surface area (Å²) in [4.78, 5) is 4.35. The van der Waals surface area contributed by atoms with E-state index in [-0.39, 0.29) is 0 Å². The normalized spacial score (nSPS) is 21.2. The Balaban J connectivity index is 2.01. The van der Waals surface area contributed by atoms with Gasteiger partial charge in [0.15, 0.2) is 0 Å². The van der Waals surface area contributed by atoms with Crippen LogP contribution in [-0.4, -0.2) is 10.1 Å². The van der Waals surface area contributed by atoms with Gasteiger partial charge < -0.3 is 5.11 Å². The highest BCUT2D eigenvalue weighted by molar-refractivity contribution is 5.86. The summed E-state index contributed by atoms with van der Waals surface area (Å²) in [6.45, 7) is 0. The van der Waals surface area contributed by atoms with Crippen LogP contribution in [0.1, 0.15) is 29.5 Å². The smallest absolute Gasteiger partial charge is 0.117 e. The van der Waals surface area contributed by atoms with Gasteiger partial charge in [-0.2, -0.15) is 0 Å². The molecule has 0 fully saturated rings. The molecule has 3 aromatic rings. The number of hydrogen-bond acceptors (Lipinski definition) is 2. The highest BCUT2D eigenvalue weighted by atomic mass is 16.3. The molecule has 1 aliphatic rings. The van der Waals surface area contributed by atoms with Gasteiger partial charge in [-0.05, 0) is 35.8 Å². The molecular formula is C19H17NO. The Labute approximate surface area is 124 Å². The van der Waals surface area contributed by atoms with Gasteiger partial charge in [-0.25, -0.2) is 0 Å². The summed E-state index contributed by atoms with van der Waals surface area (Å²) >= 11 is 0. The number of pyridine rings is 1. The molecule has 0 spiro atoms. The van der Waals surface area contributed by atoms with Crippen LogP contribution >= 0.6 is 0 Å². The zero-order chi connectivity index (χ0) is 14.3. The summed E-state index contributed by atoms with van der Waals surface area (Å²) < 4.78 is 0. The molecule has 1 atom stereocenters. The third-order valence-corrected chi connectivity index (χ3v) is 4.56. The Hall–Kier alpha value is -2.19. The van der Waals surface area contributed by atoms with Gasteiger partial charge >= 0.3 is 0 Å². The number of benzene rings is 2. The Morgan fingerprint density at radius 2 is 1.71 bits per heavy atom. The lowest BCUT2D eigenvalue weighted by molar-refractivity contribution is 0.0628. The van der Waals surface area contributed by atoms with Crippen molar-refractivity contribution in [2.24, 2.45) is 0 Å². The number of hydrogen-bond donors (Lipinski definition) is 1. The van der Waals surface area contributed by atoms with Gasteiger partial charge in [-0.15, -0.1) is 0 Å². The van der Waals surface area contributed by atoms with Crippen molar-refractivity contribution in [3.8, 4) is 0 Å². The molecule has 2 aromatic carbocycles. The largest absolute Gasteiger partial charge is 0.380 e. The summed E-state index contributed by atoms with van der Waals surface area (Å²) in [5.74, 6) is 0. The van der Waals surface area contributed by atoms with E-state index in [1.165, 1.54) is 5.56 Å². The van der Waals surface area contributed by atoms with Crippen LogP contribution in [0.2, 0.25) is 0 Å². The second-order valence-corrected chi connectivity index (χ2v) is 5.78. The second kappa shape index (κ2) is 4.68. The van der Waals surface area contributed by atoms with E-state index in [0.29, 0.717) is 0 Å². The molecule has 1 unspecified atom stereocenters. The first kappa shape index (κ1) is 12.5. The Kier molecular flexibility index (Phi) is 2.79. The lowest BCUT2D eigenvalue weighted by atomic mass is 9.74. The van der Waals surface area contributed by atoms with Gasteiger partial charge in [0.1, 0.15) is 5.60 Å². The lowest BCUT2D eigenvalue weighted by Crippen LogP contribution is -2.32. The minimum Gasteiger partial charge on any atom is -0.380 e. The van der Waals surface area contributed by atoms with Crippen molar-refractivity contribution in [3.05, 3.63) is 77.6 Å². The topological polar surface area (TPSA) is 33.1 Å². The molecule has 0 saturated heterocycles. The Morgan fingerprint density at radius 1 is 0.905 bits per heavy atom. The first-order valence-electron chi connectivity index (χ1n) is 7.43. The first-order chi connectivity index (χ1) is 10.3. The molecule has 1 aliphatic carbocycles. The van der Waals surface area contributed by atoms with Crippen LogP contribution in [0.3, 0.4) is 0 Å². The quantitative estimate of drug-likeness (QED) is 0.732. The summed E-state index contributed by atoms with van der Waals surface area (Å²) in [5.41, 5.74) is 2.28. The maximum atomic E-state index is 11.5. The van der Waals surface area contributed by atoms with Gasteiger partial charge in [0.2, 0.25) is 0 Å². The number of aliphatic hydroxyl groups is 1. The molecule has 1 N–H and O–H groups in total. The van der Waals surface area contributed by atoms with Crippen LogP contribution < -0.4 is 0 Å². The van der Waals surface area contributed by atoms with E-state index in [9.17, 15) is 5.11 Å². The van der Waals surface area contributed by atoms with Crippen molar-refractivity contribution >= 4 is 10.8 Å². The van der Waals surface area contributed by atoms with E-state index in [2.05, 4.69) is 23.2 Å². The molecule has 2 heteroatoms. The first-order valence-corrected chi connectivity index (χ1v) is 7.43. The highest BCUT2D eigenvalue weighted by Gasteiger charge is 2.37. The SMILES string of the molecule is OC1(c2cncc3ccccc23)CCCc2ccccc21. The number of aryl methyl sites for hydroxylation is 1. The van der Waals surface area contributed by atoms with Crippen molar-refractivity contribution in [2.75, 3.05) is 0 Å². The van der Waals surface area contributed by atoms with E-state index in [1.807, 2.05) is 42.7 Å². The fourth-order valence-corrected chi connectivity index (χ4v) is 3.54. The van der Waals surface area contributed by atoms with Gasteiger partial charge in [-0.1, -0.05) is 48.5 Å². The van der Waals surface area contributed by atoms with Crippen molar-refractivity contribution in [1.29, 1.82) is 0 Å². The fraction of sp³-hybridized carbons (Fsp3) is 0.211. The minimum atomic E-state index is -0.928. The van der Waals surface area contributed by atoms with E-state index in [1.54, 1.807) is 0 Å². The summed E-state index contributed by atoms with van der Waals surface area (Å²) in [7, 11) is 0. The van der Waals surface area contributed by atoms with Gasteiger partial charge in [0.25, 0.3) is 0 Å². The van der Waals surface area contributed by atoms with Crippen LogP contribution in [-0.2, 0) is 12.0 Å². The number of nitrogens with zero attached hydrogens (tertiary/aromatic N) is 1. The fourth-order valence-electron chi connectivity index (χ4n) is 3.54. The Morgan fingerprint density at radius 3 is 2.67 bits per heavy atom. The molecule has 0 bridgehead atoms. The molecular weight excluding hydrogens is 258 g/mol. The minimum absolute atomic E-state index is 0.750. The predicted octanol–water partition coefficient (Wildman–Crippen LogP) is 3.81. The molecule has 1 aromatic heterocycles. The number of rotatable bonds is 1. The highest BCUT2D eigenvalue weighted by Crippen LogP contribution is 2.42. The lowest BCUT2D eigenvalue weighted by Gasteiger charge is -2.35. The van der Waals surface area contributed by atoms with Crippen molar-refractivity contribution in [3.63, 3.8) is 0 Å². The number of fused-ring (bicyclic) bond motifs is 2. The van der Waals surface area contributed by atoms with Crippen LogP contribution in [0, 0.1) is 0 Å². The predicted molar refractivity (Wildman–Crippen MR) is 84.1 cm³/mol. The zero-order valence-electron chi connectivity index (χ0n) is 11.8. The molecule has 104 valence electrons. The van der Waals surface area contributed by atoms with E-state index in [0.717, 1.165) is 41.2 Å². The summed E-state index contributed by atoms with van der Waals surface area (Å²) in [5, 5.41) is 13.6. The molecule has 0 saturated carbocycles. The van der Waals surface area contributed by atoms with Crippen molar-refractivity contribution in [1.82, 2.24) is 4.98 Å². The summed E-state index contributed by atoms with van der Waals surface area (Å²) in [6.07, 6.45) is 6.47. The molecule has 21 heavy (non-hydrogen) atoms. The average Bonchev–Trinajstić information content (AvgIpc) is 2.55. The van der Waals surface area contributed by atoms with Gasteiger partial charge in [0, 0.05) is 23.3 Å². The second-order valence-electron chi connectivity index (χ2n) is 5.78. The van der Waals surface area contributed by atoms with Gasteiger partial charge in [0.05, 0.1) is 0 Å². The molecule has 1 heterocycles. The van der Waals surface area contributed by atoms with Gasteiger partial charge in [-0.3, -0.25) is 4.98 Å². The molecule has 0 amide bonds. The third-order valence-electron chi connectivity index (χ3n) is 4.56. The van der Waals surface area contributed by atoms with Crippen LogP contribution in [0.25, 0.3) is 10.8 Å². The standard InChI is InChI=1S/C19H17NO/c21-19(11-5-8-14-6-2-4-10-17(14)19)18-13-20-12-15-7-1-3-9-16(15)18/h1-4,6-7,9-10,12-13,21H,5,8,11H2. The van der Waals surface area contributed by atoms with E-state index < -0.39 is 5.60 Å². The van der Waals surface area contributed by atoms with Crippen LogP contribution in [0.15, 0.2) is 60.9 Å². The maximum absolute atomic E-state index is 11.5. The maximum Gasteiger partial charge on any atom is 0.117 e. The van der Waals surface area contributed by atoms with E-state index in [4.69, 9.17) is 0 Å². The molecule has 0 aliphatic heterocycles.